The summed E-state index contributed by atoms with van der Waals surface area (Å²) in [6.45, 7) is 1.49. The molecule has 0 saturated carbocycles. The maximum Gasteiger partial charge on any atom is 0.209 e. The van der Waals surface area contributed by atoms with Gasteiger partial charge in [-0.1, -0.05) is 11.6 Å². The molecule has 1 spiro atoms. The largest absolute Gasteiger partial charge is 0.345 e. The molecule has 2 aliphatic heterocycles. The molecule has 1 aromatic carbocycles. The number of piperidine rings is 1. The van der Waals surface area contributed by atoms with E-state index in [0.717, 1.165) is 42.8 Å². The topological polar surface area (TPSA) is 37.4 Å². The van der Waals surface area contributed by atoms with Gasteiger partial charge in [0.1, 0.15) is 0 Å². The lowest BCUT2D eigenvalue weighted by atomic mass is 9.88. The summed E-state index contributed by atoms with van der Waals surface area (Å²) >= 11 is 7.73. The minimum atomic E-state index is -0.0303. The quantitative estimate of drug-likeness (QED) is 0.748. The Labute approximate surface area is 121 Å². The number of Topliss-reactive ketones (excluding diaryl/α,β-unsaturated/α-hetero) is 1. The van der Waals surface area contributed by atoms with Crippen molar-refractivity contribution in [2.45, 2.75) is 28.9 Å². The molecular formula is C14H14ClNO2S. The average Bonchev–Trinajstić information content (AvgIpc) is 2.41. The molecule has 0 N–H and O–H groups in total. The SMILES string of the molecule is O=CN1CCC2(CC1)CC(=O)c1cc(Cl)ccc1S2. The Bertz CT molecular complexity index is 538. The number of amides is 1. The van der Waals surface area contributed by atoms with E-state index in [1.807, 2.05) is 12.1 Å². The van der Waals surface area contributed by atoms with Gasteiger partial charge in [-0.15, -0.1) is 11.8 Å². The number of rotatable bonds is 1. The van der Waals surface area contributed by atoms with Gasteiger partial charge in [0.2, 0.25) is 6.41 Å². The van der Waals surface area contributed by atoms with Crippen LogP contribution in [0.3, 0.4) is 0 Å². The number of hydrogen-bond donors (Lipinski definition) is 0. The minimum absolute atomic E-state index is 0.0303. The molecule has 0 unspecified atom stereocenters. The molecule has 0 aromatic heterocycles. The van der Waals surface area contributed by atoms with Crippen LogP contribution in [0.4, 0.5) is 0 Å². The average molecular weight is 296 g/mol. The van der Waals surface area contributed by atoms with E-state index in [9.17, 15) is 9.59 Å². The number of hydrogen-bond acceptors (Lipinski definition) is 3. The predicted octanol–water partition coefficient (Wildman–Crippen LogP) is 3.01. The molecule has 1 aromatic rings. The fourth-order valence-corrected chi connectivity index (χ4v) is 4.43. The van der Waals surface area contributed by atoms with E-state index in [0.29, 0.717) is 11.4 Å². The summed E-state index contributed by atoms with van der Waals surface area (Å²) in [7, 11) is 0. The van der Waals surface area contributed by atoms with Crippen molar-refractivity contribution in [2.75, 3.05) is 13.1 Å². The van der Waals surface area contributed by atoms with E-state index >= 15 is 0 Å². The third kappa shape index (κ3) is 2.39. The smallest absolute Gasteiger partial charge is 0.209 e. The lowest BCUT2D eigenvalue weighted by molar-refractivity contribution is -0.119. The van der Waals surface area contributed by atoms with Gasteiger partial charge in [0.05, 0.1) is 0 Å². The van der Waals surface area contributed by atoms with Gasteiger partial charge in [0.25, 0.3) is 0 Å². The summed E-state index contributed by atoms with van der Waals surface area (Å²) in [5.41, 5.74) is 0.751. The van der Waals surface area contributed by atoms with Crippen molar-refractivity contribution in [3.63, 3.8) is 0 Å². The molecular weight excluding hydrogens is 282 g/mol. The summed E-state index contributed by atoms with van der Waals surface area (Å²) in [6.07, 6.45) is 3.21. The molecule has 0 radical (unpaired) electrons. The summed E-state index contributed by atoms with van der Waals surface area (Å²) in [5, 5.41) is 0.611. The van der Waals surface area contributed by atoms with E-state index in [1.54, 1.807) is 22.7 Å². The van der Waals surface area contributed by atoms with E-state index in [4.69, 9.17) is 11.6 Å². The molecule has 0 bridgehead atoms. The van der Waals surface area contributed by atoms with Crippen molar-refractivity contribution in [3.8, 4) is 0 Å². The minimum Gasteiger partial charge on any atom is -0.345 e. The fourth-order valence-electron chi connectivity index (χ4n) is 2.78. The Kier molecular flexibility index (Phi) is 3.31. The van der Waals surface area contributed by atoms with Crippen LogP contribution < -0.4 is 0 Å². The van der Waals surface area contributed by atoms with Gasteiger partial charge in [0, 0.05) is 39.7 Å². The van der Waals surface area contributed by atoms with Crippen LogP contribution in [0.1, 0.15) is 29.6 Å². The number of fused-ring (bicyclic) bond motifs is 1. The molecule has 0 aliphatic carbocycles. The van der Waals surface area contributed by atoms with Crippen molar-refractivity contribution in [3.05, 3.63) is 28.8 Å². The highest BCUT2D eigenvalue weighted by atomic mass is 35.5. The highest BCUT2D eigenvalue weighted by molar-refractivity contribution is 8.01. The van der Waals surface area contributed by atoms with Crippen LogP contribution in [0.15, 0.2) is 23.1 Å². The third-order valence-electron chi connectivity index (χ3n) is 3.91. The number of benzene rings is 1. The van der Waals surface area contributed by atoms with Crippen molar-refractivity contribution >= 4 is 35.6 Å². The first-order chi connectivity index (χ1) is 9.12. The van der Waals surface area contributed by atoms with Crippen molar-refractivity contribution in [1.29, 1.82) is 0 Å². The zero-order chi connectivity index (χ0) is 13.5. The predicted molar refractivity (Wildman–Crippen MR) is 75.9 cm³/mol. The zero-order valence-corrected chi connectivity index (χ0v) is 12.0. The molecule has 1 fully saturated rings. The van der Waals surface area contributed by atoms with Crippen LogP contribution in [-0.2, 0) is 4.79 Å². The molecule has 0 atom stereocenters. The number of carbonyl (C=O) groups is 2. The van der Waals surface area contributed by atoms with Crippen LogP contribution in [0.5, 0.6) is 0 Å². The monoisotopic (exact) mass is 295 g/mol. The molecule has 5 heteroatoms. The molecule has 19 heavy (non-hydrogen) atoms. The second-order valence-corrected chi connectivity index (χ2v) is 7.11. The molecule has 2 heterocycles. The summed E-state index contributed by atoms with van der Waals surface area (Å²) < 4.78 is -0.0303. The summed E-state index contributed by atoms with van der Waals surface area (Å²) in [4.78, 5) is 25.9. The summed E-state index contributed by atoms with van der Waals surface area (Å²) in [5.74, 6) is 0.177. The lowest BCUT2D eigenvalue weighted by Crippen LogP contribution is -2.44. The fraction of sp³-hybridized carbons (Fsp3) is 0.429. The number of ketones is 1. The number of halogens is 1. The number of likely N-dealkylation sites (tertiary alicyclic amines) is 1. The highest BCUT2D eigenvalue weighted by Crippen LogP contribution is 2.49. The van der Waals surface area contributed by atoms with Gasteiger partial charge in [-0.05, 0) is 31.0 Å². The Hall–Kier alpha value is -1.000. The van der Waals surface area contributed by atoms with Crippen molar-refractivity contribution in [2.24, 2.45) is 0 Å². The van der Waals surface area contributed by atoms with Crippen LogP contribution in [-0.4, -0.2) is 34.9 Å². The van der Waals surface area contributed by atoms with Crippen molar-refractivity contribution in [1.82, 2.24) is 4.90 Å². The highest BCUT2D eigenvalue weighted by Gasteiger charge is 2.41. The van der Waals surface area contributed by atoms with Crippen LogP contribution >= 0.6 is 23.4 Å². The molecule has 3 nitrogen and oxygen atoms in total. The van der Waals surface area contributed by atoms with Crippen LogP contribution in [0.2, 0.25) is 5.02 Å². The van der Waals surface area contributed by atoms with Gasteiger partial charge in [0.15, 0.2) is 5.78 Å². The maximum absolute atomic E-state index is 12.3. The Morgan fingerprint density at radius 3 is 2.74 bits per heavy atom. The van der Waals surface area contributed by atoms with E-state index in [-0.39, 0.29) is 10.5 Å². The standard InChI is InChI=1S/C14H14ClNO2S/c15-10-1-2-13-11(7-10)12(18)8-14(19-13)3-5-16(9-17)6-4-14/h1-2,7,9H,3-6,8H2. The third-order valence-corrected chi connectivity index (χ3v) is 5.71. The number of thioether (sulfide) groups is 1. The first-order valence-corrected chi connectivity index (χ1v) is 7.52. The second-order valence-electron chi connectivity index (χ2n) is 5.17. The molecule has 100 valence electrons. The van der Waals surface area contributed by atoms with Gasteiger partial charge in [-0.2, -0.15) is 0 Å². The van der Waals surface area contributed by atoms with Gasteiger partial charge >= 0.3 is 0 Å². The lowest BCUT2D eigenvalue weighted by Gasteiger charge is -2.42. The Morgan fingerprint density at radius 1 is 1.32 bits per heavy atom. The Morgan fingerprint density at radius 2 is 2.05 bits per heavy atom. The zero-order valence-electron chi connectivity index (χ0n) is 10.4. The van der Waals surface area contributed by atoms with Gasteiger partial charge in [-0.3, -0.25) is 9.59 Å². The second kappa shape index (κ2) is 4.84. The first-order valence-electron chi connectivity index (χ1n) is 6.33. The molecule has 2 aliphatic rings. The van der Waals surface area contributed by atoms with Crippen LogP contribution in [0.25, 0.3) is 0 Å². The van der Waals surface area contributed by atoms with Crippen molar-refractivity contribution < 1.29 is 9.59 Å². The van der Waals surface area contributed by atoms with Crippen LogP contribution in [0, 0.1) is 0 Å². The molecule has 1 saturated heterocycles. The Balaban J connectivity index is 1.87. The number of nitrogens with zero attached hydrogens (tertiary/aromatic N) is 1. The van der Waals surface area contributed by atoms with Gasteiger partial charge < -0.3 is 4.90 Å². The van der Waals surface area contributed by atoms with E-state index in [1.165, 1.54) is 0 Å². The molecule has 1 amide bonds. The van der Waals surface area contributed by atoms with E-state index in [2.05, 4.69) is 0 Å². The normalized spacial score (nSPS) is 21.3. The maximum atomic E-state index is 12.3. The van der Waals surface area contributed by atoms with E-state index < -0.39 is 0 Å². The molecule has 3 rings (SSSR count). The first kappa shape index (κ1) is 13.0. The summed E-state index contributed by atoms with van der Waals surface area (Å²) in [6, 6.07) is 5.53. The van der Waals surface area contributed by atoms with Gasteiger partial charge in [-0.25, -0.2) is 0 Å². The number of carbonyl (C=O) groups excluding carboxylic acids is 2.